The molecule has 5 rings (SSSR count). The summed E-state index contributed by atoms with van der Waals surface area (Å²) in [5, 5.41) is 22.7. The Labute approximate surface area is 219 Å². The number of carbonyl (C=O) groups is 1. The first-order valence-electron chi connectivity index (χ1n) is 11.8. The van der Waals surface area contributed by atoms with Gasteiger partial charge in [0.05, 0.1) is 19.3 Å². The van der Waals surface area contributed by atoms with Crippen molar-refractivity contribution in [3.05, 3.63) is 108 Å². The third-order valence-corrected chi connectivity index (χ3v) is 5.93. The Kier molecular flexibility index (Phi) is 7.06. The number of aliphatic hydroxyl groups excluding tert-OH is 1. The van der Waals surface area contributed by atoms with Crippen LogP contribution in [0.5, 0.6) is 11.5 Å². The molecular weight excluding hydrogens is 480 g/mol. The molecule has 1 aromatic heterocycles. The Morgan fingerprint density at radius 2 is 1.34 bits per heavy atom. The summed E-state index contributed by atoms with van der Waals surface area (Å²) in [6.45, 7) is -0.0623. The molecule has 0 aliphatic rings. The van der Waals surface area contributed by atoms with Crippen LogP contribution in [0.1, 0.15) is 15.9 Å². The molecule has 1 amide bonds. The number of aromatic nitrogens is 3. The van der Waals surface area contributed by atoms with E-state index < -0.39 is 0 Å². The van der Waals surface area contributed by atoms with Crippen LogP contribution in [-0.2, 0) is 6.61 Å². The molecule has 4 aromatic carbocycles. The summed E-state index contributed by atoms with van der Waals surface area (Å²) in [6.07, 6.45) is 0. The second kappa shape index (κ2) is 10.9. The van der Waals surface area contributed by atoms with Gasteiger partial charge in [-0.1, -0.05) is 36.4 Å². The number of nitrogens with one attached hydrogen (secondary N) is 1. The van der Waals surface area contributed by atoms with Gasteiger partial charge in [0, 0.05) is 22.4 Å². The molecule has 0 aliphatic heterocycles. The predicted molar refractivity (Wildman–Crippen MR) is 145 cm³/mol. The molecule has 0 atom stereocenters. The number of phenols is 1. The molecule has 0 saturated heterocycles. The number of para-hydroxylation sites is 1. The number of amides is 1. The van der Waals surface area contributed by atoms with Gasteiger partial charge < -0.3 is 20.3 Å². The summed E-state index contributed by atoms with van der Waals surface area (Å²) in [5.41, 5.74) is 3.83. The molecule has 38 heavy (non-hydrogen) atoms. The van der Waals surface area contributed by atoms with Crippen molar-refractivity contribution in [2.45, 2.75) is 6.61 Å². The molecule has 3 N–H and O–H groups in total. The van der Waals surface area contributed by atoms with E-state index in [1.54, 1.807) is 79.9 Å². The maximum absolute atomic E-state index is 12.6. The first kappa shape index (κ1) is 24.6. The van der Waals surface area contributed by atoms with Crippen LogP contribution in [0.25, 0.3) is 34.2 Å². The first-order chi connectivity index (χ1) is 18.5. The van der Waals surface area contributed by atoms with E-state index in [1.807, 2.05) is 24.3 Å². The summed E-state index contributed by atoms with van der Waals surface area (Å²) in [6, 6.07) is 28.1. The minimum absolute atomic E-state index is 0.0582. The van der Waals surface area contributed by atoms with Crippen LogP contribution in [0, 0.1) is 0 Å². The van der Waals surface area contributed by atoms with Gasteiger partial charge >= 0.3 is 0 Å². The first-order valence-corrected chi connectivity index (χ1v) is 11.8. The van der Waals surface area contributed by atoms with Gasteiger partial charge in [0.1, 0.15) is 11.5 Å². The summed E-state index contributed by atoms with van der Waals surface area (Å²) in [4.78, 5) is 26.5. The van der Waals surface area contributed by atoms with Crippen molar-refractivity contribution in [2.24, 2.45) is 0 Å². The van der Waals surface area contributed by atoms with Gasteiger partial charge in [-0.25, -0.2) is 15.0 Å². The van der Waals surface area contributed by atoms with Gasteiger partial charge in [-0.2, -0.15) is 0 Å². The second-order valence-corrected chi connectivity index (χ2v) is 8.44. The fourth-order valence-electron chi connectivity index (χ4n) is 3.82. The molecule has 8 nitrogen and oxygen atoms in total. The Balaban J connectivity index is 1.47. The highest BCUT2D eigenvalue weighted by molar-refractivity contribution is 6.04. The number of aromatic hydroxyl groups is 1. The molecule has 0 aliphatic carbocycles. The molecule has 0 radical (unpaired) electrons. The highest BCUT2D eigenvalue weighted by Gasteiger charge is 2.15. The Hall–Kier alpha value is -5.08. The largest absolute Gasteiger partial charge is 0.507 e. The van der Waals surface area contributed by atoms with E-state index in [-0.39, 0.29) is 18.3 Å². The third kappa shape index (κ3) is 5.35. The second-order valence-electron chi connectivity index (χ2n) is 8.44. The Morgan fingerprint density at radius 1 is 0.763 bits per heavy atom. The van der Waals surface area contributed by atoms with Crippen LogP contribution < -0.4 is 10.1 Å². The number of anilines is 1. The standard InChI is InChI=1S/C30H24N4O4/c1-38-24-16-12-22(13-17-24)30(37)31-23-14-10-21(11-15-23)28-32-27(20-8-6-19(18-35)7-9-20)33-29(34-28)25-4-2-3-5-26(25)36/h2-17,35-36H,18H2,1H3,(H,31,37). The monoisotopic (exact) mass is 504 g/mol. The number of ether oxygens (including phenoxy) is 1. The lowest BCUT2D eigenvalue weighted by Crippen LogP contribution is -2.11. The van der Waals surface area contributed by atoms with Crippen LogP contribution in [0.2, 0.25) is 0 Å². The fourth-order valence-corrected chi connectivity index (χ4v) is 3.82. The zero-order chi connectivity index (χ0) is 26.5. The van der Waals surface area contributed by atoms with E-state index in [2.05, 4.69) is 20.3 Å². The maximum Gasteiger partial charge on any atom is 0.255 e. The van der Waals surface area contributed by atoms with Gasteiger partial charge in [0.2, 0.25) is 0 Å². The summed E-state index contributed by atoms with van der Waals surface area (Å²) >= 11 is 0. The molecule has 5 aromatic rings. The topological polar surface area (TPSA) is 117 Å². The van der Waals surface area contributed by atoms with Crippen LogP contribution >= 0.6 is 0 Å². The normalized spacial score (nSPS) is 10.7. The zero-order valence-corrected chi connectivity index (χ0v) is 20.5. The predicted octanol–water partition coefficient (Wildman–Crippen LogP) is 5.33. The number of benzene rings is 4. The smallest absolute Gasteiger partial charge is 0.255 e. The summed E-state index contributed by atoms with van der Waals surface area (Å²) < 4.78 is 5.14. The van der Waals surface area contributed by atoms with Crippen LogP contribution in [0.4, 0.5) is 5.69 Å². The molecule has 0 bridgehead atoms. The summed E-state index contributed by atoms with van der Waals surface area (Å²) in [7, 11) is 1.57. The molecule has 188 valence electrons. The number of aliphatic hydroxyl groups is 1. The molecule has 1 heterocycles. The van der Waals surface area contributed by atoms with E-state index >= 15 is 0 Å². The average Bonchev–Trinajstić information content (AvgIpc) is 2.97. The van der Waals surface area contributed by atoms with Crippen molar-refractivity contribution in [3.8, 4) is 45.7 Å². The van der Waals surface area contributed by atoms with Gasteiger partial charge in [-0.15, -0.1) is 0 Å². The van der Waals surface area contributed by atoms with Crippen LogP contribution in [0.3, 0.4) is 0 Å². The fraction of sp³-hybridized carbons (Fsp3) is 0.0667. The quantitative estimate of drug-likeness (QED) is 0.274. The average molecular weight is 505 g/mol. The van der Waals surface area contributed by atoms with E-state index in [4.69, 9.17) is 4.74 Å². The van der Waals surface area contributed by atoms with Crippen LogP contribution in [0.15, 0.2) is 97.1 Å². The van der Waals surface area contributed by atoms with Gasteiger partial charge in [0.25, 0.3) is 5.91 Å². The summed E-state index contributed by atoms with van der Waals surface area (Å²) in [5.74, 6) is 1.65. The minimum atomic E-state index is -0.240. The lowest BCUT2D eigenvalue weighted by atomic mass is 10.1. The lowest BCUT2D eigenvalue weighted by molar-refractivity contribution is 0.102. The minimum Gasteiger partial charge on any atom is -0.507 e. The number of rotatable bonds is 7. The molecule has 0 spiro atoms. The van der Waals surface area contributed by atoms with Crippen molar-refractivity contribution < 1.29 is 19.7 Å². The van der Waals surface area contributed by atoms with E-state index in [1.165, 1.54) is 0 Å². The number of phenolic OH excluding ortho intramolecular Hbond substituents is 1. The highest BCUT2D eigenvalue weighted by atomic mass is 16.5. The molecule has 0 saturated carbocycles. The molecule has 8 heteroatoms. The van der Waals surface area contributed by atoms with Crippen molar-refractivity contribution in [2.75, 3.05) is 12.4 Å². The van der Waals surface area contributed by atoms with E-state index in [0.717, 1.165) is 11.1 Å². The molecule has 0 fully saturated rings. The lowest BCUT2D eigenvalue weighted by Gasteiger charge is -2.10. The number of methoxy groups -OCH3 is 1. The van der Waals surface area contributed by atoms with Gasteiger partial charge in [-0.05, 0) is 66.2 Å². The number of carbonyl (C=O) groups excluding carboxylic acids is 1. The highest BCUT2D eigenvalue weighted by Crippen LogP contribution is 2.30. The molecular formula is C30H24N4O4. The third-order valence-electron chi connectivity index (χ3n) is 5.93. The van der Waals surface area contributed by atoms with Crippen molar-refractivity contribution in [3.63, 3.8) is 0 Å². The van der Waals surface area contributed by atoms with Crippen molar-refractivity contribution >= 4 is 11.6 Å². The van der Waals surface area contributed by atoms with Gasteiger partial charge in [0.15, 0.2) is 17.5 Å². The number of hydrogen-bond donors (Lipinski definition) is 3. The van der Waals surface area contributed by atoms with E-state index in [9.17, 15) is 15.0 Å². The SMILES string of the molecule is COc1ccc(C(=O)Nc2ccc(-c3nc(-c4ccc(CO)cc4)nc(-c4ccccc4O)n3)cc2)cc1. The zero-order valence-electron chi connectivity index (χ0n) is 20.5. The Morgan fingerprint density at radius 3 is 1.92 bits per heavy atom. The Bertz CT molecular complexity index is 1570. The number of hydrogen-bond acceptors (Lipinski definition) is 7. The van der Waals surface area contributed by atoms with Crippen LogP contribution in [-0.4, -0.2) is 38.2 Å². The van der Waals surface area contributed by atoms with Gasteiger partial charge in [-0.3, -0.25) is 4.79 Å². The molecule has 0 unspecified atom stereocenters. The van der Waals surface area contributed by atoms with Crippen molar-refractivity contribution in [1.29, 1.82) is 0 Å². The maximum atomic E-state index is 12.6. The van der Waals surface area contributed by atoms with E-state index in [0.29, 0.717) is 45.6 Å². The number of nitrogens with zero attached hydrogens (tertiary/aromatic N) is 3. The van der Waals surface area contributed by atoms with Crippen molar-refractivity contribution in [1.82, 2.24) is 15.0 Å².